The highest BCUT2D eigenvalue weighted by molar-refractivity contribution is 7.93. The molecule has 0 fully saturated rings. The average molecular weight is 235 g/mol. The Morgan fingerprint density at radius 3 is 2.71 bits per heavy atom. The largest absolute Gasteiger partial charge is 0.298 e. The Bertz CT molecular complexity index is 434. The predicted molar refractivity (Wildman–Crippen MR) is 53.3 cm³/mol. The minimum atomic E-state index is -3.47. The van der Waals surface area contributed by atoms with Gasteiger partial charge in [-0.3, -0.25) is 10.1 Å². The highest BCUT2D eigenvalue weighted by Gasteiger charge is 2.26. The van der Waals surface area contributed by atoms with Crippen molar-refractivity contribution in [2.24, 2.45) is 0 Å². The fourth-order valence-corrected chi connectivity index (χ4v) is 3.79. The van der Waals surface area contributed by atoms with E-state index in [1.807, 2.05) is 0 Å². The van der Waals surface area contributed by atoms with Crippen LogP contribution in [0.25, 0.3) is 0 Å². The standard InChI is InChI=1S/C7H9NO4S2/c1-2-5-14(11,12)7-6(8(9)10)3-4-13-7/h3-4H,2,5H2,1H3. The van der Waals surface area contributed by atoms with Gasteiger partial charge in [-0.15, -0.1) is 11.3 Å². The first kappa shape index (κ1) is 11.1. The first-order valence-corrected chi connectivity index (χ1v) is 6.47. The monoisotopic (exact) mass is 235 g/mol. The van der Waals surface area contributed by atoms with Gasteiger partial charge in [-0.25, -0.2) is 8.42 Å². The Morgan fingerprint density at radius 1 is 1.57 bits per heavy atom. The molecule has 0 radical (unpaired) electrons. The number of hydrogen-bond donors (Lipinski definition) is 0. The third-order valence-corrected chi connectivity index (χ3v) is 5.03. The van der Waals surface area contributed by atoms with Crippen LogP contribution in [0.2, 0.25) is 0 Å². The molecule has 0 aliphatic carbocycles. The van der Waals surface area contributed by atoms with Crippen molar-refractivity contribution in [2.45, 2.75) is 17.6 Å². The van der Waals surface area contributed by atoms with Crippen molar-refractivity contribution in [2.75, 3.05) is 5.75 Å². The van der Waals surface area contributed by atoms with Gasteiger partial charge in [0.2, 0.25) is 0 Å². The number of nitro groups is 1. The van der Waals surface area contributed by atoms with Crippen LogP contribution in [-0.4, -0.2) is 19.1 Å². The molecule has 0 saturated carbocycles. The van der Waals surface area contributed by atoms with Crippen molar-refractivity contribution >= 4 is 26.9 Å². The maximum atomic E-state index is 11.5. The number of sulfone groups is 1. The molecular weight excluding hydrogens is 226 g/mol. The molecule has 0 aromatic carbocycles. The number of nitrogens with zero attached hydrogens (tertiary/aromatic N) is 1. The molecule has 14 heavy (non-hydrogen) atoms. The highest BCUT2D eigenvalue weighted by Crippen LogP contribution is 2.30. The summed E-state index contributed by atoms with van der Waals surface area (Å²) >= 11 is 0.895. The third kappa shape index (κ3) is 2.10. The van der Waals surface area contributed by atoms with Gasteiger partial charge in [-0.2, -0.15) is 0 Å². The first-order valence-electron chi connectivity index (χ1n) is 3.93. The molecule has 1 rings (SSSR count). The normalized spacial score (nSPS) is 11.5. The number of hydrogen-bond acceptors (Lipinski definition) is 5. The molecular formula is C7H9NO4S2. The molecule has 0 aliphatic rings. The van der Waals surface area contributed by atoms with E-state index in [-0.39, 0.29) is 15.6 Å². The zero-order chi connectivity index (χ0) is 10.8. The van der Waals surface area contributed by atoms with Crippen LogP contribution < -0.4 is 0 Å². The van der Waals surface area contributed by atoms with Crippen molar-refractivity contribution in [3.63, 3.8) is 0 Å². The van der Waals surface area contributed by atoms with Crippen LogP contribution in [0.5, 0.6) is 0 Å². The highest BCUT2D eigenvalue weighted by atomic mass is 32.2. The molecule has 7 heteroatoms. The number of thiophene rings is 1. The van der Waals surface area contributed by atoms with E-state index in [1.54, 1.807) is 6.92 Å². The minimum Gasteiger partial charge on any atom is -0.258 e. The van der Waals surface area contributed by atoms with Crippen molar-refractivity contribution in [3.05, 3.63) is 21.6 Å². The van der Waals surface area contributed by atoms with Crippen molar-refractivity contribution in [3.8, 4) is 0 Å². The zero-order valence-electron chi connectivity index (χ0n) is 7.47. The summed E-state index contributed by atoms with van der Waals surface area (Å²) in [5.74, 6) is -0.0473. The van der Waals surface area contributed by atoms with Crippen molar-refractivity contribution < 1.29 is 13.3 Å². The summed E-state index contributed by atoms with van der Waals surface area (Å²) < 4.78 is 22.9. The van der Waals surface area contributed by atoms with Crippen molar-refractivity contribution in [1.82, 2.24) is 0 Å². The molecule has 5 nitrogen and oxygen atoms in total. The Kier molecular flexibility index (Phi) is 3.22. The van der Waals surface area contributed by atoms with Crippen LogP contribution in [-0.2, 0) is 9.84 Å². The quantitative estimate of drug-likeness (QED) is 0.589. The summed E-state index contributed by atoms with van der Waals surface area (Å²) in [7, 11) is -3.47. The van der Waals surface area contributed by atoms with Crippen LogP contribution in [0.3, 0.4) is 0 Å². The van der Waals surface area contributed by atoms with E-state index in [9.17, 15) is 18.5 Å². The maximum Gasteiger partial charge on any atom is 0.298 e. The molecule has 0 N–H and O–H groups in total. The van der Waals surface area contributed by atoms with Crippen molar-refractivity contribution in [1.29, 1.82) is 0 Å². The van der Waals surface area contributed by atoms with E-state index < -0.39 is 14.8 Å². The Morgan fingerprint density at radius 2 is 2.21 bits per heavy atom. The summed E-state index contributed by atoms with van der Waals surface area (Å²) in [6, 6.07) is 1.22. The topological polar surface area (TPSA) is 77.3 Å². The molecule has 1 heterocycles. The molecule has 0 amide bonds. The lowest BCUT2D eigenvalue weighted by molar-refractivity contribution is -0.387. The van der Waals surface area contributed by atoms with Crippen LogP contribution in [0, 0.1) is 10.1 Å². The molecule has 0 atom stereocenters. The minimum absolute atomic E-state index is 0.0473. The van der Waals surface area contributed by atoms with E-state index in [0.717, 1.165) is 11.3 Å². The van der Waals surface area contributed by atoms with Crippen LogP contribution in [0.1, 0.15) is 13.3 Å². The van der Waals surface area contributed by atoms with Crippen LogP contribution in [0.4, 0.5) is 5.69 Å². The molecule has 1 aromatic heterocycles. The van der Waals surface area contributed by atoms with Gasteiger partial charge in [0.05, 0.1) is 10.7 Å². The zero-order valence-corrected chi connectivity index (χ0v) is 9.10. The fraction of sp³-hybridized carbons (Fsp3) is 0.429. The Labute approximate surface area is 85.4 Å². The van der Waals surface area contributed by atoms with Gasteiger partial charge >= 0.3 is 0 Å². The van der Waals surface area contributed by atoms with Gasteiger partial charge in [0.1, 0.15) is 0 Å². The lowest BCUT2D eigenvalue weighted by Crippen LogP contribution is -2.05. The van der Waals surface area contributed by atoms with Gasteiger partial charge in [-0.1, -0.05) is 6.92 Å². The lowest BCUT2D eigenvalue weighted by atomic mass is 10.6. The van der Waals surface area contributed by atoms with Gasteiger partial charge in [0.15, 0.2) is 14.0 Å². The second kappa shape index (κ2) is 4.05. The fourth-order valence-electron chi connectivity index (χ4n) is 1.02. The van der Waals surface area contributed by atoms with E-state index in [2.05, 4.69) is 0 Å². The van der Waals surface area contributed by atoms with E-state index >= 15 is 0 Å². The summed E-state index contributed by atoms with van der Waals surface area (Å²) in [5.41, 5.74) is -0.316. The molecule has 0 bridgehead atoms. The summed E-state index contributed by atoms with van der Waals surface area (Å²) in [6.07, 6.45) is 0.456. The SMILES string of the molecule is CCCS(=O)(=O)c1sccc1[N+](=O)[O-]. The van der Waals surface area contributed by atoms with Gasteiger partial charge < -0.3 is 0 Å². The molecule has 78 valence electrons. The average Bonchev–Trinajstić information content (AvgIpc) is 2.51. The van der Waals surface area contributed by atoms with Gasteiger partial charge in [0.25, 0.3) is 5.69 Å². The van der Waals surface area contributed by atoms with E-state index in [4.69, 9.17) is 0 Å². The smallest absolute Gasteiger partial charge is 0.258 e. The Balaban J connectivity index is 3.19. The lowest BCUT2D eigenvalue weighted by Gasteiger charge is -1.97. The first-order chi connectivity index (χ1) is 6.49. The van der Waals surface area contributed by atoms with Gasteiger partial charge in [0, 0.05) is 6.07 Å². The molecule has 0 spiro atoms. The van der Waals surface area contributed by atoms with Gasteiger partial charge in [-0.05, 0) is 11.8 Å². The summed E-state index contributed by atoms with van der Waals surface area (Å²) in [6.45, 7) is 1.72. The molecule has 0 saturated heterocycles. The third-order valence-electron chi connectivity index (χ3n) is 1.56. The molecule has 1 aromatic rings. The van der Waals surface area contributed by atoms with Crippen LogP contribution >= 0.6 is 11.3 Å². The molecule has 0 aliphatic heterocycles. The van der Waals surface area contributed by atoms with Crippen LogP contribution in [0.15, 0.2) is 15.7 Å². The van der Waals surface area contributed by atoms with E-state index in [1.165, 1.54) is 11.4 Å². The Hall–Kier alpha value is -0.950. The summed E-state index contributed by atoms with van der Waals surface area (Å²) in [5, 5.41) is 11.9. The second-order valence-electron chi connectivity index (χ2n) is 2.67. The van der Waals surface area contributed by atoms with E-state index in [0.29, 0.717) is 6.42 Å². The molecule has 0 unspecified atom stereocenters. The maximum absolute atomic E-state index is 11.5. The number of rotatable bonds is 4. The summed E-state index contributed by atoms with van der Waals surface area (Å²) in [4.78, 5) is 9.81. The predicted octanol–water partition coefficient (Wildman–Crippen LogP) is 1.84. The second-order valence-corrected chi connectivity index (χ2v) is 5.89.